The molecule has 0 spiro atoms. The molecule has 0 amide bonds. The van der Waals surface area contributed by atoms with Gasteiger partial charge in [-0.25, -0.2) is 15.0 Å². The number of ether oxygens (including phenoxy) is 2. The molecule has 28 heavy (non-hydrogen) atoms. The molecule has 2 aromatic rings. The van der Waals surface area contributed by atoms with Crippen LogP contribution >= 0.6 is 0 Å². The highest BCUT2D eigenvalue weighted by Gasteiger charge is 2.53. The van der Waals surface area contributed by atoms with Crippen LogP contribution in [0.15, 0.2) is 18.6 Å². The molecule has 2 aliphatic rings. The van der Waals surface area contributed by atoms with Crippen LogP contribution in [0.4, 0.5) is 0 Å². The van der Waals surface area contributed by atoms with Gasteiger partial charge in [-0.3, -0.25) is 4.90 Å². The SMILES string of the molecule is COc1ncc(C2(O)C3CCCC2CN(Cc2cnc(C)nc2)C3)c(OC)n1. The van der Waals surface area contributed by atoms with Gasteiger partial charge in [-0.1, -0.05) is 6.42 Å². The third-order valence-electron chi connectivity index (χ3n) is 6.09. The van der Waals surface area contributed by atoms with E-state index in [0.717, 1.165) is 50.3 Å². The third-order valence-corrected chi connectivity index (χ3v) is 6.09. The Labute approximate surface area is 165 Å². The van der Waals surface area contributed by atoms with E-state index in [9.17, 15) is 5.11 Å². The molecule has 1 aliphatic carbocycles. The summed E-state index contributed by atoms with van der Waals surface area (Å²) in [6, 6.07) is 0.242. The van der Waals surface area contributed by atoms with Gasteiger partial charge in [-0.05, 0) is 19.8 Å². The Morgan fingerprint density at radius 2 is 1.75 bits per heavy atom. The zero-order valence-electron chi connectivity index (χ0n) is 16.6. The van der Waals surface area contributed by atoms with E-state index in [1.807, 2.05) is 19.3 Å². The lowest BCUT2D eigenvalue weighted by Gasteiger charge is -2.53. The Morgan fingerprint density at radius 1 is 1.07 bits per heavy atom. The van der Waals surface area contributed by atoms with E-state index in [1.54, 1.807) is 13.3 Å². The van der Waals surface area contributed by atoms with E-state index in [-0.39, 0.29) is 17.8 Å². The van der Waals surface area contributed by atoms with Crippen LogP contribution in [0.3, 0.4) is 0 Å². The van der Waals surface area contributed by atoms with Gasteiger partial charge in [0.05, 0.1) is 19.8 Å². The fraction of sp³-hybridized carbons (Fsp3) is 0.600. The first kappa shape index (κ1) is 19.0. The van der Waals surface area contributed by atoms with Gasteiger partial charge in [0, 0.05) is 55.6 Å². The van der Waals surface area contributed by atoms with Crippen molar-refractivity contribution < 1.29 is 14.6 Å². The smallest absolute Gasteiger partial charge is 0.319 e. The number of piperidine rings is 1. The number of hydrogen-bond donors (Lipinski definition) is 1. The van der Waals surface area contributed by atoms with Gasteiger partial charge >= 0.3 is 6.01 Å². The van der Waals surface area contributed by atoms with Crippen LogP contribution in [-0.2, 0) is 12.1 Å². The maximum atomic E-state index is 11.9. The van der Waals surface area contributed by atoms with Crippen molar-refractivity contribution in [1.82, 2.24) is 24.8 Å². The van der Waals surface area contributed by atoms with Crippen LogP contribution in [0, 0.1) is 18.8 Å². The first-order valence-corrected chi connectivity index (χ1v) is 9.72. The molecular formula is C20H27N5O3. The number of aryl methyl sites for hydroxylation is 1. The van der Waals surface area contributed by atoms with Crippen molar-refractivity contribution in [2.45, 2.75) is 38.3 Å². The van der Waals surface area contributed by atoms with E-state index < -0.39 is 5.60 Å². The minimum Gasteiger partial charge on any atom is -0.481 e. The number of hydrogen-bond acceptors (Lipinski definition) is 8. The maximum absolute atomic E-state index is 11.9. The molecule has 1 aliphatic heterocycles. The minimum atomic E-state index is -0.990. The van der Waals surface area contributed by atoms with Crippen molar-refractivity contribution >= 4 is 0 Å². The van der Waals surface area contributed by atoms with Gasteiger partial charge in [0.25, 0.3) is 0 Å². The lowest BCUT2D eigenvalue weighted by Crippen LogP contribution is -2.58. The molecule has 1 N–H and O–H groups in total. The predicted octanol–water partition coefficient (Wildman–Crippen LogP) is 1.71. The summed E-state index contributed by atoms with van der Waals surface area (Å²) < 4.78 is 10.6. The number of rotatable bonds is 5. The lowest BCUT2D eigenvalue weighted by molar-refractivity contribution is -0.149. The standard InChI is InChI=1S/C20H27N5O3/c1-13-21-7-14(8-22-13)10-25-11-15-5-4-6-16(12-25)20(15,26)17-9-23-19(28-3)24-18(17)27-2/h7-9,15-16,26H,4-6,10-12H2,1-3H3. The van der Waals surface area contributed by atoms with Crippen molar-refractivity contribution in [3.63, 3.8) is 0 Å². The van der Waals surface area contributed by atoms with E-state index in [1.165, 1.54) is 7.11 Å². The highest BCUT2D eigenvalue weighted by molar-refractivity contribution is 5.34. The summed E-state index contributed by atoms with van der Waals surface area (Å²) in [6.07, 6.45) is 8.49. The van der Waals surface area contributed by atoms with Gasteiger partial charge in [-0.15, -0.1) is 0 Å². The fourth-order valence-corrected chi connectivity index (χ4v) is 4.75. The topological polar surface area (TPSA) is 93.5 Å². The summed E-state index contributed by atoms with van der Waals surface area (Å²) in [5, 5.41) is 11.9. The molecule has 1 saturated heterocycles. The first-order valence-electron chi connectivity index (χ1n) is 9.72. The minimum absolute atomic E-state index is 0.0947. The maximum Gasteiger partial charge on any atom is 0.319 e. The van der Waals surface area contributed by atoms with E-state index in [4.69, 9.17) is 9.47 Å². The van der Waals surface area contributed by atoms with Crippen LogP contribution in [0.1, 0.15) is 36.2 Å². The molecule has 3 heterocycles. The van der Waals surface area contributed by atoms with E-state index in [0.29, 0.717) is 11.4 Å². The predicted molar refractivity (Wildman–Crippen MR) is 102 cm³/mol. The lowest BCUT2D eigenvalue weighted by atomic mass is 9.63. The summed E-state index contributed by atoms with van der Waals surface area (Å²) in [4.78, 5) is 19.5. The molecular weight excluding hydrogens is 358 g/mol. The summed E-state index contributed by atoms with van der Waals surface area (Å²) in [5.41, 5.74) is 0.777. The average molecular weight is 385 g/mol. The van der Waals surface area contributed by atoms with E-state index in [2.05, 4.69) is 24.8 Å². The molecule has 2 aromatic heterocycles. The number of fused-ring (bicyclic) bond motifs is 2. The van der Waals surface area contributed by atoms with Crippen LogP contribution < -0.4 is 9.47 Å². The molecule has 2 bridgehead atoms. The Bertz CT molecular complexity index is 815. The van der Waals surface area contributed by atoms with Crippen molar-refractivity contribution in [1.29, 1.82) is 0 Å². The molecule has 2 unspecified atom stereocenters. The molecule has 4 rings (SSSR count). The second-order valence-electron chi connectivity index (χ2n) is 7.76. The van der Waals surface area contributed by atoms with Crippen LogP contribution in [0.5, 0.6) is 11.9 Å². The molecule has 150 valence electrons. The number of aliphatic hydroxyl groups is 1. The quantitative estimate of drug-likeness (QED) is 0.831. The molecule has 2 atom stereocenters. The van der Waals surface area contributed by atoms with Crippen molar-refractivity contribution in [3.05, 3.63) is 35.5 Å². The zero-order valence-corrected chi connectivity index (χ0v) is 16.6. The normalized spacial score (nSPS) is 27.4. The van der Waals surface area contributed by atoms with Crippen LogP contribution in [-0.4, -0.2) is 57.3 Å². The Balaban J connectivity index is 1.60. The molecule has 0 radical (unpaired) electrons. The third kappa shape index (κ3) is 3.31. The van der Waals surface area contributed by atoms with E-state index >= 15 is 0 Å². The highest BCUT2D eigenvalue weighted by Crippen LogP contribution is 2.51. The summed E-state index contributed by atoms with van der Waals surface area (Å²) in [7, 11) is 3.09. The van der Waals surface area contributed by atoms with Crippen molar-refractivity contribution in [2.24, 2.45) is 11.8 Å². The first-order chi connectivity index (χ1) is 13.5. The summed E-state index contributed by atoms with van der Waals surface area (Å²) >= 11 is 0. The summed E-state index contributed by atoms with van der Waals surface area (Å²) in [5.74, 6) is 1.36. The monoisotopic (exact) mass is 385 g/mol. The Morgan fingerprint density at radius 3 is 2.36 bits per heavy atom. The largest absolute Gasteiger partial charge is 0.481 e. The number of methoxy groups -OCH3 is 2. The second kappa shape index (κ2) is 7.60. The molecule has 2 fully saturated rings. The number of likely N-dealkylation sites (tertiary alicyclic amines) is 1. The van der Waals surface area contributed by atoms with Gasteiger partial charge in [0.2, 0.25) is 5.88 Å². The zero-order chi connectivity index (χ0) is 19.7. The molecule has 8 heteroatoms. The fourth-order valence-electron chi connectivity index (χ4n) is 4.75. The van der Waals surface area contributed by atoms with Crippen molar-refractivity contribution in [3.8, 4) is 11.9 Å². The van der Waals surface area contributed by atoms with Gasteiger partial charge < -0.3 is 14.6 Å². The van der Waals surface area contributed by atoms with Gasteiger partial charge in [0.15, 0.2) is 0 Å². The molecule has 8 nitrogen and oxygen atoms in total. The molecule has 0 aromatic carbocycles. The van der Waals surface area contributed by atoms with Crippen LogP contribution in [0.2, 0.25) is 0 Å². The summed E-state index contributed by atoms with van der Waals surface area (Å²) in [6.45, 7) is 4.28. The molecule has 1 saturated carbocycles. The second-order valence-corrected chi connectivity index (χ2v) is 7.76. The van der Waals surface area contributed by atoms with Crippen LogP contribution in [0.25, 0.3) is 0 Å². The average Bonchev–Trinajstić information content (AvgIpc) is 2.70. The van der Waals surface area contributed by atoms with Gasteiger partial charge in [-0.2, -0.15) is 4.98 Å². The van der Waals surface area contributed by atoms with Gasteiger partial charge in [0.1, 0.15) is 11.4 Å². The highest BCUT2D eigenvalue weighted by atomic mass is 16.5. The Hall–Kier alpha value is -2.32. The number of aromatic nitrogens is 4. The Kier molecular flexibility index (Phi) is 5.16. The van der Waals surface area contributed by atoms with Crippen molar-refractivity contribution in [2.75, 3.05) is 27.3 Å². The number of nitrogens with zero attached hydrogens (tertiary/aromatic N) is 5.